The molecule has 3 aliphatic rings. The Kier molecular flexibility index (Phi) is 6.17. The van der Waals surface area contributed by atoms with Gasteiger partial charge in [0, 0.05) is 51.9 Å². The number of amides is 1. The molecule has 188 valence electrons. The van der Waals surface area contributed by atoms with Crippen molar-refractivity contribution in [3.05, 3.63) is 38.6 Å². The molecule has 0 saturated carbocycles. The van der Waals surface area contributed by atoms with Crippen molar-refractivity contribution in [1.82, 2.24) is 14.9 Å². The fraction of sp³-hybridized carbons (Fsp3) is 0.560. The van der Waals surface area contributed by atoms with Gasteiger partial charge in [-0.2, -0.15) is 4.98 Å². The number of H-pyrrole nitrogens is 1. The third kappa shape index (κ3) is 4.04. The summed E-state index contributed by atoms with van der Waals surface area (Å²) < 4.78 is 5.90. The Hall–Kier alpha value is -2.78. The minimum atomic E-state index is -0.675. The minimum Gasteiger partial charge on any atom is -0.492 e. The number of nitrogens with one attached hydrogen (secondary N) is 1. The molecule has 0 atom stereocenters. The van der Waals surface area contributed by atoms with E-state index >= 15 is 0 Å². The number of anilines is 3. The van der Waals surface area contributed by atoms with Crippen LogP contribution in [0.5, 0.6) is 5.75 Å². The molecule has 0 aliphatic carbocycles. The van der Waals surface area contributed by atoms with Crippen molar-refractivity contribution in [2.75, 3.05) is 75.7 Å². The molecule has 0 radical (unpaired) electrons. The van der Waals surface area contributed by atoms with E-state index < -0.39 is 5.41 Å². The molecule has 4 heterocycles. The number of likely N-dealkylation sites (N-methyl/N-ethyl adjacent to an activating group) is 2. The Morgan fingerprint density at radius 3 is 2.63 bits per heavy atom. The van der Waals surface area contributed by atoms with Crippen molar-refractivity contribution >= 4 is 35.0 Å². The summed E-state index contributed by atoms with van der Waals surface area (Å²) >= 11 is 6.79. The number of aromatic amines is 1. The van der Waals surface area contributed by atoms with Crippen LogP contribution in [-0.2, 0) is 16.6 Å². The summed E-state index contributed by atoms with van der Waals surface area (Å²) in [5.41, 5.74) is 1.72. The topological polar surface area (TPSA) is 85.0 Å². The van der Waals surface area contributed by atoms with Crippen LogP contribution in [0.4, 0.5) is 17.5 Å². The van der Waals surface area contributed by atoms with E-state index in [0.29, 0.717) is 49.3 Å². The predicted octanol–water partition coefficient (Wildman–Crippen LogP) is 2.26. The van der Waals surface area contributed by atoms with Crippen LogP contribution >= 0.6 is 11.6 Å². The van der Waals surface area contributed by atoms with Gasteiger partial charge < -0.3 is 24.3 Å². The highest BCUT2D eigenvalue weighted by Gasteiger charge is 2.52. The van der Waals surface area contributed by atoms with E-state index in [9.17, 15) is 9.59 Å². The molecule has 5 rings (SSSR count). The van der Waals surface area contributed by atoms with Gasteiger partial charge in [-0.05, 0) is 45.8 Å². The van der Waals surface area contributed by atoms with E-state index in [4.69, 9.17) is 21.3 Å². The van der Waals surface area contributed by atoms with Gasteiger partial charge in [0.1, 0.15) is 18.2 Å². The lowest BCUT2D eigenvalue weighted by Gasteiger charge is -2.39. The molecule has 1 saturated heterocycles. The molecule has 1 fully saturated rings. The monoisotopic (exact) mass is 500 g/mol. The number of ether oxygens (including phenoxy) is 1. The smallest absolute Gasteiger partial charge is 0.257 e. The standard InChI is InChI=1S/C25H33ClN6O3/c1-29(2)12-13-35-16-14-18(26)20-19(15-16)31(4)23(34)25(20)7-10-32(11-8-25)24-27-21-17(22(33)28-24)6-5-9-30(21)3/h14-15H,5-13H2,1-4H3,(H,27,28,33). The van der Waals surface area contributed by atoms with Crippen molar-refractivity contribution in [3.8, 4) is 5.75 Å². The molecule has 35 heavy (non-hydrogen) atoms. The lowest BCUT2D eigenvalue weighted by Crippen LogP contribution is -2.49. The lowest BCUT2D eigenvalue weighted by atomic mass is 9.73. The highest BCUT2D eigenvalue weighted by Crippen LogP contribution is 2.52. The lowest BCUT2D eigenvalue weighted by molar-refractivity contribution is -0.123. The summed E-state index contributed by atoms with van der Waals surface area (Å²) in [4.78, 5) is 42.0. The second kappa shape index (κ2) is 9.02. The van der Waals surface area contributed by atoms with E-state index in [2.05, 4.69) is 14.8 Å². The average molecular weight is 501 g/mol. The quantitative estimate of drug-likeness (QED) is 0.674. The number of hydrogen-bond acceptors (Lipinski definition) is 7. The average Bonchev–Trinajstić information content (AvgIpc) is 3.02. The van der Waals surface area contributed by atoms with Crippen molar-refractivity contribution in [2.24, 2.45) is 0 Å². The number of aromatic nitrogens is 2. The van der Waals surface area contributed by atoms with Crippen LogP contribution < -0.4 is 25.0 Å². The second-order valence-electron chi connectivity index (χ2n) is 10.1. The van der Waals surface area contributed by atoms with E-state index in [0.717, 1.165) is 48.6 Å². The number of piperidine rings is 1. The van der Waals surface area contributed by atoms with Crippen molar-refractivity contribution in [1.29, 1.82) is 0 Å². The third-order valence-corrected chi connectivity index (χ3v) is 7.88. The summed E-state index contributed by atoms with van der Waals surface area (Å²) in [6.07, 6.45) is 2.90. The van der Waals surface area contributed by atoms with Crippen LogP contribution in [0.25, 0.3) is 0 Å². The van der Waals surface area contributed by atoms with Gasteiger partial charge in [-0.25, -0.2) is 0 Å². The Morgan fingerprint density at radius 1 is 1.17 bits per heavy atom. The van der Waals surface area contributed by atoms with Gasteiger partial charge in [0.25, 0.3) is 5.56 Å². The first-order valence-corrected chi connectivity index (χ1v) is 12.6. The Bertz CT molecular complexity index is 1200. The molecule has 3 aliphatic heterocycles. The molecule has 1 amide bonds. The SMILES string of the molecule is CN(C)CCOc1cc(Cl)c2c(c1)N(C)C(=O)C21CCN(c2nc3c(c(=O)[nH]2)CCCN3C)CC1. The molecular formula is C25H33ClN6O3. The molecule has 1 N–H and O–H groups in total. The fourth-order valence-electron chi connectivity index (χ4n) is 5.60. The van der Waals surface area contributed by atoms with Crippen LogP contribution in [0, 0.1) is 0 Å². The zero-order valence-electron chi connectivity index (χ0n) is 20.9. The number of carbonyl (C=O) groups excluding carboxylic acids is 1. The van der Waals surface area contributed by atoms with E-state index in [1.165, 1.54) is 0 Å². The number of halogens is 1. The third-order valence-electron chi connectivity index (χ3n) is 7.58. The summed E-state index contributed by atoms with van der Waals surface area (Å²) in [5.74, 6) is 2.07. The molecule has 0 bridgehead atoms. The van der Waals surface area contributed by atoms with E-state index in [1.54, 1.807) is 11.9 Å². The van der Waals surface area contributed by atoms with Crippen LogP contribution in [0.3, 0.4) is 0 Å². The number of fused-ring (bicyclic) bond motifs is 3. The van der Waals surface area contributed by atoms with Gasteiger partial charge in [-0.3, -0.25) is 14.6 Å². The van der Waals surface area contributed by atoms with Gasteiger partial charge in [0.2, 0.25) is 11.9 Å². The van der Waals surface area contributed by atoms with Crippen molar-refractivity contribution < 1.29 is 9.53 Å². The predicted molar refractivity (Wildman–Crippen MR) is 138 cm³/mol. The Balaban J connectivity index is 1.40. The molecule has 1 spiro atoms. The first-order chi connectivity index (χ1) is 16.7. The zero-order chi connectivity index (χ0) is 24.9. The summed E-state index contributed by atoms with van der Waals surface area (Å²) in [6.45, 7) is 3.42. The molecule has 10 heteroatoms. The number of rotatable bonds is 5. The maximum Gasteiger partial charge on any atom is 0.257 e. The van der Waals surface area contributed by atoms with Crippen molar-refractivity contribution in [3.63, 3.8) is 0 Å². The van der Waals surface area contributed by atoms with Gasteiger partial charge in [-0.1, -0.05) is 11.6 Å². The maximum atomic E-state index is 13.6. The number of hydrogen-bond donors (Lipinski definition) is 1. The number of nitrogens with zero attached hydrogens (tertiary/aromatic N) is 5. The number of carbonyl (C=O) groups is 1. The summed E-state index contributed by atoms with van der Waals surface area (Å²) in [5, 5.41) is 0.565. The molecule has 9 nitrogen and oxygen atoms in total. The molecule has 2 aromatic rings. The molecule has 1 aromatic carbocycles. The number of benzene rings is 1. The molecule has 0 unspecified atom stereocenters. The molecule has 1 aromatic heterocycles. The minimum absolute atomic E-state index is 0.0612. The van der Waals surface area contributed by atoms with Gasteiger partial charge >= 0.3 is 0 Å². The van der Waals surface area contributed by atoms with E-state index in [1.807, 2.05) is 38.2 Å². The van der Waals surface area contributed by atoms with Gasteiger partial charge in [0.05, 0.1) is 21.7 Å². The maximum absolute atomic E-state index is 13.6. The van der Waals surface area contributed by atoms with Crippen LogP contribution in [0.2, 0.25) is 5.02 Å². The second-order valence-corrected chi connectivity index (χ2v) is 10.5. The fourth-order valence-corrected chi connectivity index (χ4v) is 5.99. The largest absolute Gasteiger partial charge is 0.492 e. The highest BCUT2D eigenvalue weighted by atomic mass is 35.5. The zero-order valence-corrected chi connectivity index (χ0v) is 21.6. The van der Waals surface area contributed by atoms with Gasteiger partial charge in [-0.15, -0.1) is 0 Å². The van der Waals surface area contributed by atoms with Crippen LogP contribution in [0.15, 0.2) is 16.9 Å². The first-order valence-electron chi connectivity index (χ1n) is 12.2. The summed E-state index contributed by atoms with van der Waals surface area (Å²) in [6, 6.07) is 3.75. The summed E-state index contributed by atoms with van der Waals surface area (Å²) in [7, 11) is 7.77. The first kappa shape index (κ1) is 23.9. The Labute approximate surface area is 210 Å². The van der Waals surface area contributed by atoms with Gasteiger partial charge in [0.15, 0.2) is 0 Å². The van der Waals surface area contributed by atoms with Crippen LogP contribution in [0.1, 0.15) is 30.4 Å². The normalized spacial score (nSPS) is 18.9. The van der Waals surface area contributed by atoms with Crippen molar-refractivity contribution in [2.45, 2.75) is 31.1 Å². The Morgan fingerprint density at radius 2 is 1.91 bits per heavy atom. The highest BCUT2D eigenvalue weighted by molar-refractivity contribution is 6.33. The van der Waals surface area contributed by atoms with E-state index in [-0.39, 0.29) is 11.5 Å². The molecular weight excluding hydrogens is 468 g/mol. The van der Waals surface area contributed by atoms with Crippen LogP contribution in [-0.4, -0.2) is 81.8 Å².